The molecule has 1 N–H and O–H groups in total. The van der Waals surface area contributed by atoms with Crippen LogP contribution in [-0.2, 0) is 20.7 Å². The average Bonchev–Trinajstić information content (AvgIpc) is 2.91. The molecule has 3 rings (SSSR count). The van der Waals surface area contributed by atoms with Gasteiger partial charge in [0.2, 0.25) is 0 Å². The number of carbonyl (C=O) groups is 1. The molecule has 1 heterocycles. The largest absolute Gasteiger partial charge is 0.492 e. The molecule has 158 valence electrons. The summed E-state index contributed by atoms with van der Waals surface area (Å²) in [5, 5.41) is 2.74. The van der Waals surface area contributed by atoms with Gasteiger partial charge in [0.15, 0.2) is 0 Å². The summed E-state index contributed by atoms with van der Waals surface area (Å²) in [5.74, 6) is -0.341. The van der Waals surface area contributed by atoms with Gasteiger partial charge >= 0.3 is 13.2 Å². The van der Waals surface area contributed by atoms with Crippen molar-refractivity contribution in [2.24, 2.45) is 0 Å². The van der Waals surface area contributed by atoms with Crippen LogP contribution in [-0.4, -0.2) is 31.0 Å². The van der Waals surface area contributed by atoms with Gasteiger partial charge in [-0.05, 0) is 56.4 Å². The van der Waals surface area contributed by atoms with Gasteiger partial charge in [-0.1, -0.05) is 48.5 Å². The fourth-order valence-electron chi connectivity index (χ4n) is 2.96. The molecule has 0 aliphatic carbocycles. The standard InChI is InChI=1S/C23H27BFNO4/c1-22(2)23(3,4)30-24(29-22)19(13-18-11-8-12-20(25)14-18)15-26-21(27)28-16-17-9-6-5-7-10-17/h5-14H,15-16H2,1-4H3,(H,26,27). The summed E-state index contributed by atoms with van der Waals surface area (Å²) >= 11 is 0. The lowest BCUT2D eigenvalue weighted by atomic mass is 9.77. The van der Waals surface area contributed by atoms with Crippen LogP contribution in [0.4, 0.5) is 9.18 Å². The van der Waals surface area contributed by atoms with Crippen LogP contribution >= 0.6 is 0 Å². The predicted molar refractivity (Wildman–Crippen MR) is 115 cm³/mol. The van der Waals surface area contributed by atoms with Gasteiger partial charge in [0.1, 0.15) is 12.4 Å². The number of ether oxygens (including phenoxy) is 1. The first-order valence-corrected chi connectivity index (χ1v) is 9.92. The highest BCUT2D eigenvalue weighted by Gasteiger charge is 2.52. The van der Waals surface area contributed by atoms with E-state index >= 15 is 0 Å². The third-order valence-corrected chi connectivity index (χ3v) is 5.41. The Bertz CT molecular complexity index is 898. The monoisotopic (exact) mass is 411 g/mol. The molecular weight excluding hydrogens is 384 g/mol. The molecule has 1 aliphatic rings. The van der Waals surface area contributed by atoms with Crippen LogP contribution in [0.25, 0.3) is 6.08 Å². The van der Waals surface area contributed by atoms with Crippen LogP contribution in [0.1, 0.15) is 38.8 Å². The molecule has 0 saturated carbocycles. The number of rotatable bonds is 6. The third-order valence-electron chi connectivity index (χ3n) is 5.41. The molecule has 1 saturated heterocycles. The maximum Gasteiger partial charge on any atom is 0.492 e. The van der Waals surface area contributed by atoms with Gasteiger partial charge in [-0.15, -0.1) is 0 Å². The van der Waals surface area contributed by atoms with Gasteiger partial charge in [0, 0.05) is 6.54 Å². The first kappa shape index (κ1) is 22.1. The van der Waals surface area contributed by atoms with Crippen molar-refractivity contribution in [3.63, 3.8) is 0 Å². The van der Waals surface area contributed by atoms with Gasteiger partial charge in [-0.25, -0.2) is 9.18 Å². The number of halogens is 1. The highest BCUT2D eigenvalue weighted by Crippen LogP contribution is 2.38. The number of hydrogen-bond acceptors (Lipinski definition) is 4. The molecular formula is C23H27BFNO4. The van der Waals surface area contributed by atoms with Crippen molar-refractivity contribution in [1.29, 1.82) is 0 Å². The van der Waals surface area contributed by atoms with E-state index in [1.165, 1.54) is 12.1 Å². The number of nitrogens with one attached hydrogen (secondary N) is 1. The van der Waals surface area contributed by atoms with Crippen LogP contribution in [0.3, 0.4) is 0 Å². The summed E-state index contributed by atoms with van der Waals surface area (Å²) in [6.07, 6.45) is 1.21. The van der Waals surface area contributed by atoms with E-state index in [1.807, 2.05) is 58.0 Å². The molecule has 1 aliphatic heterocycles. The normalized spacial score (nSPS) is 17.6. The first-order chi connectivity index (χ1) is 14.2. The average molecular weight is 411 g/mol. The number of hydrogen-bond donors (Lipinski definition) is 1. The Morgan fingerprint density at radius 2 is 1.73 bits per heavy atom. The molecule has 0 bridgehead atoms. The van der Waals surface area contributed by atoms with Crippen molar-refractivity contribution in [3.05, 3.63) is 77.0 Å². The Morgan fingerprint density at radius 3 is 2.37 bits per heavy atom. The second kappa shape index (κ2) is 9.02. The van der Waals surface area contributed by atoms with Crippen LogP contribution in [0.5, 0.6) is 0 Å². The lowest BCUT2D eigenvalue weighted by Gasteiger charge is -2.32. The van der Waals surface area contributed by atoms with Gasteiger partial charge in [-0.2, -0.15) is 0 Å². The molecule has 0 unspecified atom stereocenters. The Labute approximate surface area is 177 Å². The summed E-state index contributed by atoms with van der Waals surface area (Å²) in [7, 11) is -0.673. The Hall–Kier alpha value is -2.64. The van der Waals surface area contributed by atoms with Crippen molar-refractivity contribution < 1.29 is 23.2 Å². The summed E-state index contributed by atoms with van der Waals surface area (Å²) in [6, 6.07) is 15.6. The molecule has 30 heavy (non-hydrogen) atoms. The molecule has 0 radical (unpaired) electrons. The van der Waals surface area contributed by atoms with Crippen LogP contribution in [0, 0.1) is 5.82 Å². The van der Waals surface area contributed by atoms with E-state index in [0.717, 1.165) is 5.56 Å². The first-order valence-electron chi connectivity index (χ1n) is 9.92. The number of alkyl carbamates (subject to hydrolysis) is 1. The zero-order chi connectivity index (χ0) is 21.8. The van der Waals surface area contributed by atoms with Gasteiger partial charge < -0.3 is 19.4 Å². The minimum atomic E-state index is -0.673. The molecule has 2 aromatic carbocycles. The molecule has 0 spiro atoms. The summed E-state index contributed by atoms with van der Waals surface area (Å²) < 4.78 is 31.1. The number of carbonyl (C=O) groups excluding carboxylic acids is 1. The van der Waals surface area contributed by atoms with E-state index in [4.69, 9.17) is 14.0 Å². The highest BCUT2D eigenvalue weighted by molar-refractivity contribution is 6.56. The van der Waals surface area contributed by atoms with E-state index < -0.39 is 24.4 Å². The van der Waals surface area contributed by atoms with E-state index in [9.17, 15) is 9.18 Å². The van der Waals surface area contributed by atoms with Gasteiger partial charge in [0.25, 0.3) is 0 Å². The second-order valence-corrected chi connectivity index (χ2v) is 8.28. The van der Waals surface area contributed by atoms with Crippen LogP contribution in [0.15, 0.2) is 60.1 Å². The molecule has 7 heteroatoms. The zero-order valence-corrected chi connectivity index (χ0v) is 17.8. The van der Waals surface area contributed by atoms with Crippen molar-refractivity contribution in [2.75, 3.05) is 6.54 Å². The number of benzene rings is 2. The third kappa shape index (κ3) is 5.49. The predicted octanol–water partition coefficient (Wildman–Crippen LogP) is 4.77. The lowest BCUT2D eigenvalue weighted by Crippen LogP contribution is -2.41. The van der Waals surface area contributed by atoms with Gasteiger partial charge in [-0.3, -0.25) is 0 Å². The van der Waals surface area contributed by atoms with Crippen molar-refractivity contribution >= 4 is 19.3 Å². The second-order valence-electron chi connectivity index (χ2n) is 8.28. The lowest BCUT2D eigenvalue weighted by molar-refractivity contribution is 0.00578. The van der Waals surface area contributed by atoms with E-state index in [1.54, 1.807) is 18.2 Å². The van der Waals surface area contributed by atoms with E-state index in [-0.39, 0.29) is 19.0 Å². The molecule has 0 atom stereocenters. The SMILES string of the molecule is CC1(C)OB(C(=Cc2cccc(F)c2)CNC(=O)OCc2ccccc2)OC1(C)C. The Morgan fingerprint density at radius 1 is 1.07 bits per heavy atom. The van der Waals surface area contributed by atoms with Crippen LogP contribution < -0.4 is 5.32 Å². The zero-order valence-electron chi connectivity index (χ0n) is 17.8. The number of amides is 1. The minimum Gasteiger partial charge on any atom is -0.445 e. The quantitative estimate of drug-likeness (QED) is 0.696. The van der Waals surface area contributed by atoms with Crippen molar-refractivity contribution in [1.82, 2.24) is 5.32 Å². The van der Waals surface area contributed by atoms with Crippen molar-refractivity contribution in [2.45, 2.75) is 45.5 Å². The van der Waals surface area contributed by atoms with E-state index in [2.05, 4.69) is 5.32 Å². The molecule has 5 nitrogen and oxygen atoms in total. The molecule has 2 aromatic rings. The molecule has 1 amide bonds. The summed E-state index contributed by atoms with van der Waals surface area (Å²) in [5.41, 5.74) is 1.14. The van der Waals surface area contributed by atoms with E-state index in [0.29, 0.717) is 11.0 Å². The minimum absolute atomic E-state index is 0.140. The maximum absolute atomic E-state index is 13.6. The van der Waals surface area contributed by atoms with Crippen molar-refractivity contribution in [3.8, 4) is 0 Å². The summed E-state index contributed by atoms with van der Waals surface area (Å²) in [4.78, 5) is 12.2. The smallest absolute Gasteiger partial charge is 0.445 e. The highest BCUT2D eigenvalue weighted by atomic mass is 19.1. The Kier molecular flexibility index (Phi) is 6.63. The maximum atomic E-state index is 13.6. The fourth-order valence-corrected chi connectivity index (χ4v) is 2.96. The summed E-state index contributed by atoms with van der Waals surface area (Å²) in [6.45, 7) is 8.12. The van der Waals surface area contributed by atoms with Crippen LogP contribution in [0.2, 0.25) is 0 Å². The molecule has 1 fully saturated rings. The fraction of sp³-hybridized carbons (Fsp3) is 0.348. The van der Waals surface area contributed by atoms with Gasteiger partial charge in [0.05, 0.1) is 11.2 Å². The molecule has 0 aromatic heterocycles. The topological polar surface area (TPSA) is 56.8 Å². The Balaban J connectivity index is 1.71.